The largest absolute Gasteiger partial charge is 0.478 e. The summed E-state index contributed by atoms with van der Waals surface area (Å²) in [5.41, 5.74) is 5.84. The molecule has 2 atom stereocenters. The van der Waals surface area contributed by atoms with E-state index in [0.717, 1.165) is 55.7 Å². The Labute approximate surface area is 189 Å². The molecule has 1 saturated heterocycles. The van der Waals surface area contributed by atoms with E-state index in [-0.39, 0.29) is 18.0 Å². The Morgan fingerprint density at radius 2 is 1.94 bits per heavy atom. The number of aromatic nitrogens is 1. The molecule has 0 amide bonds. The van der Waals surface area contributed by atoms with Gasteiger partial charge in [-0.3, -0.25) is 4.90 Å². The van der Waals surface area contributed by atoms with Crippen molar-refractivity contribution >= 4 is 16.6 Å². The maximum absolute atomic E-state index is 13.6. The predicted molar refractivity (Wildman–Crippen MR) is 126 cm³/mol. The third-order valence-electron chi connectivity index (χ3n) is 6.63. The van der Waals surface area contributed by atoms with Crippen molar-refractivity contribution < 1.29 is 13.9 Å². The van der Waals surface area contributed by atoms with Gasteiger partial charge in [0, 0.05) is 60.4 Å². The molecule has 32 heavy (non-hydrogen) atoms. The number of benzene rings is 2. The molecule has 1 N–H and O–H groups in total. The second-order valence-corrected chi connectivity index (χ2v) is 9.16. The highest BCUT2D eigenvalue weighted by molar-refractivity contribution is 5.85. The number of anilines is 1. The first kappa shape index (κ1) is 21.3. The summed E-state index contributed by atoms with van der Waals surface area (Å²) in [4.78, 5) is 8.14. The van der Waals surface area contributed by atoms with Crippen molar-refractivity contribution in [2.45, 2.75) is 52.4 Å². The molecule has 0 saturated carbocycles. The van der Waals surface area contributed by atoms with Crippen molar-refractivity contribution in [1.82, 2.24) is 9.88 Å². The van der Waals surface area contributed by atoms with Gasteiger partial charge in [-0.2, -0.15) is 0 Å². The number of halogens is 1. The van der Waals surface area contributed by atoms with Gasteiger partial charge in [0.2, 0.25) is 0 Å². The maximum atomic E-state index is 13.6. The molecule has 2 aromatic carbocycles. The molecule has 1 fully saturated rings. The summed E-state index contributed by atoms with van der Waals surface area (Å²) in [6.07, 6.45) is 2.32. The van der Waals surface area contributed by atoms with Gasteiger partial charge < -0.3 is 19.4 Å². The number of nitrogens with one attached hydrogen (secondary N) is 1. The summed E-state index contributed by atoms with van der Waals surface area (Å²) < 4.78 is 25.7. The number of morpholine rings is 1. The molecule has 5 nitrogen and oxygen atoms in total. The molecule has 0 radical (unpaired) electrons. The van der Waals surface area contributed by atoms with Crippen molar-refractivity contribution in [3.63, 3.8) is 0 Å². The quantitative estimate of drug-likeness (QED) is 0.618. The number of H-pyrrole nitrogens is 1. The van der Waals surface area contributed by atoms with Crippen LogP contribution in [0.1, 0.15) is 37.6 Å². The smallest absolute Gasteiger partial charge is 0.142 e. The summed E-state index contributed by atoms with van der Waals surface area (Å²) in [5, 5.41) is 1.12. The lowest BCUT2D eigenvalue weighted by atomic mass is 10.0. The van der Waals surface area contributed by atoms with E-state index in [1.165, 1.54) is 22.5 Å². The fourth-order valence-electron chi connectivity index (χ4n) is 5.14. The average Bonchev–Trinajstić information content (AvgIpc) is 3.13. The molecule has 0 unspecified atom stereocenters. The Morgan fingerprint density at radius 3 is 2.72 bits per heavy atom. The van der Waals surface area contributed by atoms with E-state index in [1.807, 2.05) is 6.07 Å². The van der Waals surface area contributed by atoms with Crippen LogP contribution < -0.4 is 9.64 Å². The summed E-state index contributed by atoms with van der Waals surface area (Å²) in [6, 6.07) is 11.6. The van der Waals surface area contributed by atoms with Crippen LogP contribution >= 0.6 is 0 Å². The first-order valence-corrected chi connectivity index (χ1v) is 11.7. The summed E-state index contributed by atoms with van der Waals surface area (Å²) in [6.45, 7) is 10.6. The molecule has 0 spiro atoms. The van der Waals surface area contributed by atoms with E-state index < -0.39 is 0 Å². The first-order valence-electron chi connectivity index (χ1n) is 11.7. The van der Waals surface area contributed by atoms with Gasteiger partial charge in [0.25, 0.3) is 0 Å². The van der Waals surface area contributed by atoms with E-state index in [1.54, 1.807) is 12.1 Å². The number of hydrogen-bond acceptors (Lipinski definition) is 4. The van der Waals surface area contributed by atoms with Crippen LogP contribution in [0.4, 0.5) is 10.1 Å². The lowest BCUT2D eigenvalue weighted by Crippen LogP contribution is -2.46. The summed E-state index contributed by atoms with van der Waals surface area (Å²) in [7, 11) is 0. The number of fused-ring (bicyclic) bond motifs is 3. The minimum absolute atomic E-state index is 0.197. The number of nitrogens with zero attached hydrogens (tertiary/aromatic N) is 2. The van der Waals surface area contributed by atoms with Crippen LogP contribution in [0.25, 0.3) is 10.9 Å². The lowest BCUT2D eigenvalue weighted by Gasteiger charge is -2.35. The maximum Gasteiger partial charge on any atom is 0.142 e. The van der Waals surface area contributed by atoms with E-state index in [0.29, 0.717) is 6.73 Å². The van der Waals surface area contributed by atoms with E-state index in [4.69, 9.17) is 9.47 Å². The standard InChI is InChI=1S/C26H32FN3O2/c1-4-19-11-21(6-8-26(19)31-16-29-13-17(2)32-18(3)14-29)30-10-9-24-23(15-30)22-7-5-20(27)12-25(22)28-24/h5-8,11-12,17-18,28H,4,9-10,13-16H2,1-3H3/t17-,18+. The van der Waals surface area contributed by atoms with E-state index in [2.05, 4.69) is 53.8 Å². The lowest BCUT2D eigenvalue weighted by molar-refractivity contribution is -0.0846. The van der Waals surface area contributed by atoms with Crippen molar-refractivity contribution in [2.75, 3.05) is 31.3 Å². The van der Waals surface area contributed by atoms with Crippen molar-refractivity contribution in [2.24, 2.45) is 0 Å². The second-order valence-electron chi connectivity index (χ2n) is 9.16. The summed E-state index contributed by atoms with van der Waals surface area (Å²) in [5.74, 6) is 0.764. The van der Waals surface area contributed by atoms with Gasteiger partial charge in [0.05, 0.1) is 12.2 Å². The highest BCUT2D eigenvalue weighted by atomic mass is 19.1. The first-order chi connectivity index (χ1) is 15.5. The van der Waals surface area contributed by atoms with Crippen LogP contribution in [0.15, 0.2) is 36.4 Å². The van der Waals surface area contributed by atoms with Gasteiger partial charge in [-0.05, 0) is 62.2 Å². The third-order valence-corrected chi connectivity index (χ3v) is 6.63. The van der Waals surface area contributed by atoms with Gasteiger partial charge in [-0.15, -0.1) is 0 Å². The molecule has 170 valence electrons. The van der Waals surface area contributed by atoms with E-state index >= 15 is 0 Å². The van der Waals surface area contributed by atoms with Gasteiger partial charge in [0.15, 0.2) is 0 Å². The monoisotopic (exact) mass is 437 g/mol. The van der Waals surface area contributed by atoms with Crippen molar-refractivity contribution in [3.05, 3.63) is 59.0 Å². The van der Waals surface area contributed by atoms with Crippen molar-refractivity contribution in [3.8, 4) is 5.75 Å². The Bertz CT molecular complexity index is 1100. The van der Waals surface area contributed by atoms with Gasteiger partial charge in [-0.25, -0.2) is 4.39 Å². The van der Waals surface area contributed by atoms with Gasteiger partial charge in [-0.1, -0.05) is 6.92 Å². The van der Waals surface area contributed by atoms with Crippen LogP contribution in [0.5, 0.6) is 5.75 Å². The van der Waals surface area contributed by atoms with Crippen LogP contribution in [0.3, 0.4) is 0 Å². The third kappa shape index (κ3) is 4.21. The number of hydrogen-bond donors (Lipinski definition) is 1. The molecule has 5 rings (SSSR count). The molecule has 3 aromatic rings. The summed E-state index contributed by atoms with van der Waals surface area (Å²) >= 11 is 0. The number of aryl methyl sites for hydroxylation is 1. The SMILES string of the molecule is CCc1cc(N2CCc3[nH]c4cc(F)ccc4c3C2)ccc1OCN1C[C@@H](C)O[C@@H](C)C1. The average molecular weight is 438 g/mol. The second kappa shape index (κ2) is 8.75. The Balaban J connectivity index is 1.31. The van der Waals surface area contributed by atoms with E-state index in [9.17, 15) is 4.39 Å². The van der Waals surface area contributed by atoms with Gasteiger partial charge in [0.1, 0.15) is 18.3 Å². The number of aromatic amines is 1. The molecule has 2 aliphatic heterocycles. The Hall–Kier alpha value is -2.57. The predicted octanol–water partition coefficient (Wildman–Crippen LogP) is 4.88. The molecular formula is C26H32FN3O2. The fourth-order valence-corrected chi connectivity index (χ4v) is 5.14. The topological polar surface area (TPSA) is 40.7 Å². The zero-order chi connectivity index (χ0) is 22.2. The molecule has 3 heterocycles. The molecule has 0 aliphatic carbocycles. The molecule has 2 aliphatic rings. The number of rotatable bonds is 5. The minimum Gasteiger partial charge on any atom is -0.478 e. The molecule has 1 aromatic heterocycles. The Morgan fingerprint density at radius 1 is 1.12 bits per heavy atom. The minimum atomic E-state index is -0.197. The molecule has 0 bridgehead atoms. The Kier molecular flexibility index (Phi) is 5.82. The van der Waals surface area contributed by atoms with Gasteiger partial charge >= 0.3 is 0 Å². The molecular weight excluding hydrogens is 405 g/mol. The van der Waals surface area contributed by atoms with Crippen LogP contribution in [-0.2, 0) is 24.1 Å². The highest BCUT2D eigenvalue weighted by Gasteiger charge is 2.24. The fraction of sp³-hybridized carbons (Fsp3) is 0.462. The number of ether oxygens (including phenoxy) is 2. The molecule has 6 heteroatoms. The van der Waals surface area contributed by atoms with Crippen LogP contribution in [0, 0.1) is 5.82 Å². The normalized spacial score (nSPS) is 21.7. The zero-order valence-electron chi connectivity index (χ0n) is 19.2. The van der Waals surface area contributed by atoms with Crippen LogP contribution in [-0.4, -0.2) is 48.5 Å². The van der Waals surface area contributed by atoms with Crippen molar-refractivity contribution in [1.29, 1.82) is 0 Å². The van der Waals surface area contributed by atoms with Crippen LogP contribution in [0.2, 0.25) is 0 Å². The highest BCUT2D eigenvalue weighted by Crippen LogP contribution is 2.33. The zero-order valence-corrected chi connectivity index (χ0v) is 19.2.